The summed E-state index contributed by atoms with van der Waals surface area (Å²) >= 11 is 0. The van der Waals surface area contributed by atoms with E-state index < -0.39 is 0 Å². The maximum absolute atomic E-state index is 6.50. The summed E-state index contributed by atoms with van der Waals surface area (Å²) in [4.78, 5) is 4.57. The maximum Gasteiger partial charge on any atom is 0.0804 e. The number of pyridine rings is 1. The molecule has 0 fully saturated rings. The van der Waals surface area contributed by atoms with Gasteiger partial charge in [-0.25, -0.2) is 0 Å². The van der Waals surface area contributed by atoms with Crippen LogP contribution in [0.25, 0.3) is 0 Å². The number of nitrogens with zero attached hydrogens (tertiary/aromatic N) is 1. The van der Waals surface area contributed by atoms with Crippen molar-refractivity contribution < 1.29 is 4.74 Å². The highest BCUT2D eigenvalue weighted by molar-refractivity contribution is 5.28. The predicted octanol–water partition coefficient (Wildman–Crippen LogP) is 2.64. The van der Waals surface area contributed by atoms with E-state index in [-0.39, 0.29) is 11.6 Å². The Kier molecular flexibility index (Phi) is 4.03. The van der Waals surface area contributed by atoms with Crippen LogP contribution in [0.5, 0.6) is 0 Å². The van der Waals surface area contributed by atoms with Gasteiger partial charge in [0.1, 0.15) is 0 Å². The van der Waals surface area contributed by atoms with Crippen LogP contribution < -0.4 is 5.73 Å². The van der Waals surface area contributed by atoms with E-state index in [4.69, 9.17) is 10.5 Å². The molecular weight excluding hydrogens is 224 g/mol. The van der Waals surface area contributed by atoms with Crippen LogP contribution in [-0.2, 0) is 11.2 Å². The Morgan fingerprint density at radius 3 is 3.06 bits per heavy atom. The van der Waals surface area contributed by atoms with Gasteiger partial charge in [0.05, 0.1) is 5.60 Å². The highest BCUT2D eigenvalue weighted by Gasteiger charge is 2.38. The molecule has 0 radical (unpaired) electrons. The predicted molar refractivity (Wildman–Crippen MR) is 73.6 cm³/mol. The molecule has 3 nitrogen and oxygen atoms in total. The molecule has 1 aliphatic carbocycles. The largest absolute Gasteiger partial charge is 0.377 e. The van der Waals surface area contributed by atoms with Gasteiger partial charge in [-0.2, -0.15) is 0 Å². The molecule has 18 heavy (non-hydrogen) atoms. The molecule has 0 saturated carbocycles. The Hall–Kier alpha value is -0.930. The number of hydrogen-bond acceptors (Lipinski definition) is 3. The zero-order valence-corrected chi connectivity index (χ0v) is 11.6. The molecule has 0 saturated heterocycles. The average Bonchev–Trinajstić information content (AvgIpc) is 2.45. The zero-order chi connectivity index (χ0) is 13.2. The summed E-state index contributed by atoms with van der Waals surface area (Å²) in [5.74, 6) is 0.319. The molecule has 2 N–H and O–H groups in total. The van der Waals surface area contributed by atoms with Crippen LogP contribution in [0.1, 0.15) is 50.3 Å². The first-order valence-corrected chi connectivity index (χ1v) is 6.87. The minimum absolute atomic E-state index is 0.00134. The minimum atomic E-state index is -0.267. The van der Waals surface area contributed by atoms with Gasteiger partial charge in [0.25, 0.3) is 0 Å². The number of fused-ring (bicyclic) bond motifs is 1. The van der Waals surface area contributed by atoms with Gasteiger partial charge in [-0.15, -0.1) is 0 Å². The second-order valence-electron chi connectivity index (χ2n) is 5.44. The van der Waals surface area contributed by atoms with Crippen LogP contribution in [0.3, 0.4) is 0 Å². The first kappa shape index (κ1) is 13.5. The molecule has 1 heterocycles. The number of methoxy groups -OCH3 is 1. The average molecular weight is 248 g/mol. The van der Waals surface area contributed by atoms with E-state index in [1.807, 2.05) is 12.3 Å². The molecule has 1 aromatic rings. The van der Waals surface area contributed by atoms with Crippen molar-refractivity contribution in [1.29, 1.82) is 0 Å². The molecule has 3 unspecified atom stereocenters. The number of nitrogens with two attached hydrogens (primary N) is 1. The fourth-order valence-corrected chi connectivity index (χ4v) is 2.94. The summed E-state index contributed by atoms with van der Waals surface area (Å²) < 4.78 is 5.66. The van der Waals surface area contributed by atoms with Gasteiger partial charge in [-0.05, 0) is 44.2 Å². The summed E-state index contributed by atoms with van der Waals surface area (Å²) in [6.45, 7) is 4.24. The first-order chi connectivity index (χ1) is 8.62. The highest BCUT2D eigenvalue weighted by atomic mass is 16.5. The van der Waals surface area contributed by atoms with Crippen molar-refractivity contribution in [3.05, 3.63) is 29.6 Å². The van der Waals surface area contributed by atoms with Gasteiger partial charge < -0.3 is 10.5 Å². The first-order valence-electron chi connectivity index (χ1n) is 6.87. The molecule has 1 aromatic heterocycles. The van der Waals surface area contributed by atoms with Gasteiger partial charge in [0.2, 0.25) is 0 Å². The molecule has 0 aromatic carbocycles. The number of rotatable bonds is 4. The lowest BCUT2D eigenvalue weighted by Gasteiger charge is -2.40. The fraction of sp³-hybridized carbons (Fsp3) is 0.667. The summed E-state index contributed by atoms with van der Waals surface area (Å²) in [5, 5.41) is 0. The lowest BCUT2D eigenvalue weighted by atomic mass is 9.75. The van der Waals surface area contributed by atoms with E-state index in [0.29, 0.717) is 5.92 Å². The third-order valence-electron chi connectivity index (χ3n) is 4.55. The number of ether oxygens (including phenoxy) is 1. The molecule has 0 amide bonds. The van der Waals surface area contributed by atoms with E-state index in [9.17, 15) is 0 Å². The van der Waals surface area contributed by atoms with E-state index in [2.05, 4.69) is 24.9 Å². The van der Waals surface area contributed by atoms with Crippen molar-refractivity contribution in [3.63, 3.8) is 0 Å². The Balaban J connectivity index is 2.30. The number of aromatic nitrogens is 1. The van der Waals surface area contributed by atoms with E-state index in [1.165, 1.54) is 17.7 Å². The SMILES string of the molecule is CCC(C)(OC)C(N)C1CCCc2cccnc21. The maximum atomic E-state index is 6.50. The van der Waals surface area contributed by atoms with Gasteiger partial charge in [0.15, 0.2) is 0 Å². The topological polar surface area (TPSA) is 48.1 Å². The fourth-order valence-electron chi connectivity index (χ4n) is 2.94. The van der Waals surface area contributed by atoms with E-state index >= 15 is 0 Å². The second kappa shape index (κ2) is 5.37. The van der Waals surface area contributed by atoms with Gasteiger partial charge in [0, 0.05) is 31.0 Å². The van der Waals surface area contributed by atoms with Crippen molar-refractivity contribution in [2.24, 2.45) is 5.73 Å². The normalized spacial score (nSPS) is 24.1. The molecule has 3 atom stereocenters. The summed E-state index contributed by atoms with van der Waals surface area (Å²) in [5.41, 5.74) is 8.78. The van der Waals surface area contributed by atoms with Crippen molar-refractivity contribution in [2.45, 2.75) is 57.1 Å². The molecule has 2 rings (SSSR count). The number of hydrogen-bond donors (Lipinski definition) is 1. The highest BCUT2D eigenvalue weighted by Crippen LogP contribution is 2.36. The molecule has 100 valence electrons. The molecule has 1 aliphatic rings. The van der Waals surface area contributed by atoms with Crippen molar-refractivity contribution in [2.75, 3.05) is 7.11 Å². The lowest BCUT2D eigenvalue weighted by molar-refractivity contribution is -0.0271. The monoisotopic (exact) mass is 248 g/mol. The van der Waals surface area contributed by atoms with Crippen molar-refractivity contribution >= 4 is 0 Å². The van der Waals surface area contributed by atoms with Crippen LogP contribution in [0.15, 0.2) is 18.3 Å². The number of aryl methyl sites for hydroxylation is 1. The van der Waals surface area contributed by atoms with E-state index in [0.717, 1.165) is 19.3 Å². The third kappa shape index (κ3) is 2.29. The van der Waals surface area contributed by atoms with Crippen LogP contribution in [0.2, 0.25) is 0 Å². The van der Waals surface area contributed by atoms with Gasteiger partial charge >= 0.3 is 0 Å². The Bertz CT molecular complexity index is 401. The van der Waals surface area contributed by atoms with Crippen molar-refractivity contribution in [3.8, 4) is 0 Å². The molecule has 0 spiro atoms. The summed E-state index contributed by atoms with van der Waals surface area (Å²) in [6.07, 6.45) is 6.23. The molecular formula is C15H24N2O. The minimum Gasteiger partial charge on any atom is -0.377 e. The third-order valence-corrected chi connectivity index (χ3v) is 4.55. The second-order valence-corrected chi connectivity index (χ2v) is 5.44. The van der Waals surface area contributed by atoms with E-state index in [1.54, 1.807) is 7.11 Å². The molecule has 0 bridgehead atoms. The zero-order valence-electron chi connectivity index (χ0n) is 11.6. The van der Waals surface area contributed by atoms with Crippen molar-refractivity contribution in [1.82, 2.24) is 4.98 Å². The lowest BCUT2D eigenvalue weighted by Crippen LogP contribution is -2.51. The Labute approximate surface area is 110 Å². The Morgan fingerprint density at radius 1 is 1.61 bits per heavy atom. The standard InChI is InChI=1S/C15H24N2O/c1-4-15(2,18-3)14(16)12-9-5-7-11-8-6-10-17-13(11)12/h6,8,10,12,14H,4-5,7,9,16H2,1-3H3. The van der Waals surface area contributed by atoms with Crippen LogP contribution >= 0.6 is 0 Å². The smallest absolute Gasteiger partial charge is 0.0804 e. The van der Waals surface area contributed by atoms with Crippen LogP contribution in [-0.4, -0.2) is 23.7 Å². The van der Waals surface area contributed by atoms with Crippen LogP contribution in [0.4, 0.5) is 0 Å². The summed E-state index contributed by atoms with van der Waals surface area (Å²) in [6, 6.07) is 4.20. The van der Waals surface area contributed by atoms with Gasteiger partial charge in [-0.1, -0.05) is 13.0 Å². The summed E-state index contributed by atoms with van der Waals surface area (Å²) in [7, 11) is 1.76. The molecule has 0 aliphatic heterocycles. The molecule has 3 heteroatoms. The van der Waals surface area contributed by atoms with Crippen LogP contribution in [0, 0.1) is 0 Å². The quantitative estimate of drug-likeness (QED) is 0.891. The Morgan fingerprint density at radius 2 is 2.39 bits per heavy atom. The van der Waals surface area contributed by atoms with Gasteiger partial charge in [-0.3, -0.25) is 4.98 Å².